The summed E-state index contributed by atoms with van der Waals surface area (Å²) in [4.78, 5) is 2.06. The molecule has 1 N–H and O–H groups in total. The van der Waals surface area contributed by atoms with Gasteiger partial charge < -0.3 is 10.0 Å². The smallest absolute Gasteiger partial charge is 0.0969 e. The molecule has 2 aromatic rings. The molecular formula is C21H21NO. The minimum atomic E-state index is -0.692. The van der Waals surface area contributed by atoms with Gasteiger partial charge in [-0.3, -0.25) is 0 Å². The average Bonchev–Trinajstić information content (AvgIpc) is 2.61. The lowest BCUT2D eigenvalue weighted by atomic mass is 10.1. The summed E-state index contributed by atoms with van der Waals surface area (Å²) in [5.74, 6) is 0. The van der Waals surface area contributed by atoms with Gasteiger partial charge in [-0.05, 0) is 42.0 Å². The Bertz CT molecular complexity index is 716. The Kier molecular flexibility index (Phi) is 5.73. The summed E-state index contributed by atoms with van der Waals surface area (Å²) in [6.07, 6.45) is 6.24. The predicted octanol–water partition coefficient (Wildman–Crippen LogP) is 5.30. The maximum absolute atomic E-state index is 10.0. The molecular weight excluding hydrogens is 282 g/mol. The third-order valence-electron chi connectivity index (χ3n) is 3.46. The third kappa shape index (κ3) is 3.87. The fourth-order valence-corrected chi connectivity index (χ4v) is 2.36. The van der Waals surface area contributed by atoms with Gasteiger partial charge in [0.1, 0.15) is 0 Å². The van der Waals surface area contributed by atoms with E-state index >= 15 is 0 Å². The predicted molar refractivity (Wildman–Crippen MR) is 98.7 cm³/mol. The second kappa shape index (κ2) is 7.97. The average molecular weight is 303 g/mol. The number of nitrogens with zero attached hydrogens (tertiary/aromatic N) is 1. The highest BCUT2D eigenvalue weighted by atomic mass is 16.3. The number of benzene rings is 2. The lowest BCUT2D eigenvalue weighted by Crippen LogP contribution is -2.15. The van der Waals surface area contributed by atoms with E-state index in [2.05, 4.69) is 24.6 Å². The van der Waals surface area contributed by atoms with E-state index in [0.29, 0.717) is 0 Å². The van der Waals surface area contributed by atoms with E-state index in [1.54, 1.807) is 12.2 Å². The van der Waals surface area contributed by atoms with Gasteiger partial charge in [0.2, 0.25) is 0 Å². The summed E-state index contributed by atoms with van der Waals surface area (Å²) in [6, 6.07) is 17.7. The summed E-state index contributed by atoms with van der Waals surface area (Å²) in [6.45, 7) is 11.3. The van der Waals surface area contributed by atoms with Crippen LogP contribution in [0.25, 0.3) is 0 Å². The summed E-state index contributed by atoms with van der Waals surface area (Å²) in [5.41, 5.74) is 3.63. The number of anilines is 2. The van der Waals surface area contributed by atoms with Crippen LogP contribution in [0, 0.1) is 0 Å². The van der Waals surface area contributed by atoms with E-state index < -0.39 is 6.10 Å². The monoisotopic (exact) mass is 303 g/mol. The Labute approximate surface area is 138 Å². The number of hydrogen-bond donors (Lipinski definition) is 1. The summed E-state index contributed by atoms with van der Waals surface area (Å²) >= 11 is 0. The van der Waals surface area contributed by atoms with Crippen LogP contribution in [0.4, 0.5) is 11.4 Å². The van der Waals surface area contributed by atoms with E-state index in [-0.39, 0.29) is 0 Å². The maximum atomic E-state index is 10.0. The van der Waals surface area contributed by atoms with E-state index in [4.69, 9.17) is 0 Å². The first-order valence-electron chi connectivity index (χ1n) is 7.42. The number of allylic oxidation sites excluding steroid dienone is 3. The molecule has 1 atom stereocenters. The highest BCUT2D eigenvalue weighted by Gasteiger charge is 2.13. The highest BCUT2D eigenvalue weighted by molar-refractivity contribution is 5.70. The molecule has 0 saturated heterocycles. The third-order valence-corrected chi connectivity index (χ3v) is 3.46. The Morgan fingerprint density at radius 2 is 1.65 bits per heavy atom. The molecule has 0 spiro atoms. The molecule has 0 saturated carbocycles. The van der Waals surface area contributed by atoms with E-state index in [9.17, 15) is 5.11 Å². The summed E-state index contributed by atoms with van der Waals surface area (Å²) in [5, 5.41) is 10.0. The number of aliphatic hydroxyl groups excluding tert-OH is 1. The number of para-hydroxylation sites is 1. The van der Waals surface area contributed by atoms with Crippen molar-refractivity contribution in [1.29, 1.82) is 0 Å². The quantitative estimate of drug-likeness (QED) is 0.554. The molecule has 2 aromatic carbocycles. The van der Waals surface area contributed by atoms with E-state index in [1.165, 1.54) is 6.08 Å². The molecule has 2 nitrogen and oxygen atoms in total. The minimum absolute atomic E-state index is 0.692. The molecule has 0 radical (unpaired) electrons. The van der Waals surface area contributed by atoms with Gasteiger partial charge >= 0.3 is 0 Å². The second-order valence-corrected chi connectivity index (χ2v) is 4.98. The topological polar surface area (TPSA) is 23.5 Å². The molecule has 2 rings (SSSR count). The van der Waals surface area contributed by atoms with Crippen molar-refractivity contribution in [2.45, 2.75) is 6.10 Å². The molecule has 1 unspecified atom stereocenters. The van der Waals surface area contributed by atoms with Crippen molar-refractivity contribution in [3.8, 4) is 0 Å². The van der Waals surface area contributed by atoms with Crippen LogP contribution in [0.1, 0.15) is 11.7 Å². The summed E-state index contributed by atoms with van der Waals surface area (Å²) in [7, 11) is 0. The van der Waals surface area contributed by atoms with Crippen molar-refractivity contribution in [2.75, 3.05) is 4.90 Å². The largest absolute Gasteiger partial charge is 0.384 e. The first-order valence-corrected chi connectivity index (χ1v) is 7.42. The van der Waals surface area contributed by atoms with E-state index in [0.717, 1.165) is 22.6 Å². The van der Waals surface area contributed by atoms with Crippen molar-refractivity contribution >= 4 is 11.4 Å². The Hall–Kier alpha value is -2.84. The lowest BCUT2D eigenvalue weighted by molar-refractivity contribution is 0.229. The van der Waals surface area contributed by atoms with Crippen LogP contribution in [0.3, 0.4) is 0 Å². The molecule has 0 aliphatic rings. The van der Waals surface area contributed by atoms with Gasteiger partial charge in [0.25, 0.3) is 0 Å². The van der Waals surface area contributed by atoms with Crippen LogP contribution >= 0.6 is 0 Å². The molecule has 0 aliphatic heterocycles. The molecule has 116 valence electrons. The molecule has 0 aromatic heterocycles. The lowest BCUT2D eigenvalue weighted by Gasteiger charge is -2.26. The second-order valence-electron chi connectivity index (χ2n) is 4.98. The van der Waals surface area contributed by atoms with Gasteiger partial charge in [-0.25, -0.2) is 0 Å². The van der Waals surface area contributed by atoms with Gasteiger partial charge in [-0.15, -0.1) is 6.58 Å². The fraction of sp³-hybridized carbons (Fsp3) is 0.0476. The van der Waals surface area contributed by atoms with Crippen LogP contribution in [0.5, 0.6) is 0 Å². The van der Waals surface area contributed by atoms with Crippen molar-refractivity contribution in [3.05, 3.63) is 110 Å². The zero-order chi connectivity index (χ0) is 16.7. The van der Waals surface area contributed by atoms with Gasteiger partial charge in [0.15, 0.2) is 0 Å². The first kappa shape index (κ1) is 16.5. The zero-order valence-corrected chi connectivity index (χ0v) is 13.1. The molecule has 0 amide bonds. The normalized spacial score (nSPS) is 12.3. The van der Waals surface area contributed by atoms with Gasteiger partial charge in [-0.2, -0.15) is 0 Å². The Morgan fingerprint density at radius 3 is 2.26 bits per heavy atom. The molecule has 0 fully saturated rings. The van der Waals surface area contributed by atoms with Gasteiger partial charge in [0, 0.05) is 17.1 Å². The van der Waals surface area contributed by atoms with Crippen molar-refractivity contribution in [1.82, 2.24) is 0 Å². The van der Waals surface area contributed by atoms with Crippen LogP contribution < -0.4 is 4.90 Å². The molecule has 23 heavy (non-hydrogen) atoms. The number of rotatable bonds is 7. The maximum Gasteiger partial charge on any atom is 0.0969 e. The number of aliphatic hydroxyl groups is 1. The van der Waals surface area contributed by atoms with E-state index in [1.807, 2.05) is 60.7 Å². The van der Waals surface area contributed by atoms with Crippen molar-refractivity contribution in [3.63, 3.8) is 0 Å². The van der Waals surface area contributed by atoms with Gasteiger partial charge in [-0.1, -0.05) is 55.6 Å². The van der Waals surface area contributed by atoms with Crippen LogP contribution in [0.15, 0.2) is 104 Å². The Balaban J connectivity index is 2.58. The molecule has 0 bridgehead atoms. The summed E-state index contributed by atoms with van der Waals surface area (Å²) < 4.78 is 0. The SMILES string of the molecule is C=C/C=C(\C=C)N(c1ccccc1)c1cccc(C(O)C=C)c1. The van der Waals surface area contributed by atoms with Crippen molar-refractivity contribution < 1.29 is 5.11 Å². The van der Waals surface area contributed by atoms with Crippen LogP contribution in [-0.4, -0.2) is 5.11 Å². The molecule has 2 heteroatoms. The standard InChI is InChI=1S/C21H21NO/c1-4-11-18(5-2)22(19-13-8-7-9-14-19)20-15-10-12-17(16-20)21(23)6-3/h4-16,21,23H,1-3H2/b18-11+. The fourth-order valence-electron chi connectivity index (χ4n) is 2.36. The zero-order valence-electron chi connectivity index (χ0n) is 13.1. The Morgan fingerprint density at radius 1 is 0.957 bits per heavy atom. The minimum Gasteiger partial charge on any atom is -0.384 e. The first-order chi connectivity index (χ1) is 11.2. The number of hydrogen-bond acceptors (Lipinski definition) is 2. The van der Waals surface area contributed by atoms with Crippen LogP contribution in [-0.2, 0) is 0 Å². The molecule has 0 heterocycles. The molecule has 0 aliphatic carbocycles. The van der Waals surface area contributed by atoms with Crippen molar-refractivity contribution in [2.24, 2.45) is 0 Å². The van der Waals surface area contributed by atoms with Gasteiger partial charge in [0.05, 0.1) is 6.10 Å². The van der Waals surface area contributed by atoms with Crippen LogP contribution in [0.2, 0.25) is 0 Å². The highest BCUT2D eigenvalue weighted by Crippen LogP contribution is 2.32.